The van der Waals surface area contributed by atoms with Gasteiger partial charge in [0.2, 0.25) is 16.0 Å². The van der Waals surface area contributed by atoms with Gasteiger partial charge in [-0.05, 0) is 36.6 Å². The van der Waals surface area contributed by atoms with Gasteiger partial charge >= 0.3 is 0 Å². The van der Waals surface area contributed by atoms with Crippen molar-refractivity contribution in [2.45, 2.75) is 24.3 Å². The Morgan fingerprint density at radius 3 is 2.84 bits per heavy atom. The molecule has 11 heteroatoms. The highest BCUT2D eigenvalue weighted by Crippen LogP contribution is 2.37. The molecule has 0 unspecified atom stereocenters. The lowest BCUT2D eigenvalue weighted by molar-refractivity contribution is 0.0341. The molecule has 3 heterocycles. The Bertz CT molecular complexity index is 1220. The molecule has 0 amide bonds. The summed E-state index contributed by atoms with van der Waals surface area (Å²) in [5, 5.41) is 9.41. The number of morpholine rings is 1. The number of nitrogens with zero attached hydrogens (tertiary/aromatic N) is 4. The van der Waals surface area contributed by atoms with Crippen LogP contribution in [0.4, 0.5) is 11.6 Å². The van der Waals surface area contributed by atoms with E-state index in [0.29, 0.717) is 11.6 Å². The van der Waals surface area contributed by atoms with Crippen LogP contribution in [-0.2, 0) is 34.1 Å². The zero-order valence-corrected chi connectivity index (χ0v) is 18.4. The van der Waals surface area contributed by atoms with Crippen LogP contribution in [0.1, 0.15) is 16.3 Å². The first-order chi connectivity index (χ1) is 15.0. The maximum Gasteiger partial charge on any atom is 0.238 e. The number of rotatable bonds is 5. The van der Waals surface area contributed by atoms with E-state index in [1.807, 2.05) is 6.20 Å². The van der Waals surface area contributed by atoms with Gasteiger partial charge in [0, 0.05) is 25.0 Å². The number of anilines is 2. The second-order valence-electron chi connectivity index (χ2n) is 7.54. The number of thiazole rings is 1. The number of fused-ring (bicyclic) bond motifs is 3. The SMILES string of the molecule is NS(=O)(=O)c1cccc(Nc2ncc3c(n2)-c2sc(CN4CCOCC4)nc2CC3)c1. The van der Waals surface area contributed by atoms with Crippen LogP contribution in [0.15, 0.2) is 35.4 Å². The highest BCUT2D eigenvalue weighted by Gasteiger charge is 2.24. The number of aromatic nitrogens is 3. The Morgan fingerprint density at radius 1 is 1.19 bits per heavy atom. The number of nitrogens with one attached hydrogen (secondary N) is 1. The van der Waals surface area contributed by atoms with Gasteiger partial charge < -0.3 is 10.1 Å². The number of nitrogens with two attached hydrogens (primary N) is 1. The van der Waals surface area contributed by atoms with E-state index in [1.165, 1.54) is 12.1 Å². The molecule has 9 nitrogen and oxygen atoms in total. The summed E-state index contributed by atoms with van der Waals surface area (Å²) in [6, 6.07) is 6.29. The van der Waals surface area contributed by atoms with Crippen molar-refractivity contribution >= 4 is 33.0 Å². The molecular formula is C20H22N6O3S2. The molecule has 0 atom stereocenters. The second kappa shape index (κ2) is 8.24. The smallest absolute Gasteiger partial charge is 0.238 e. The summed E-state index contributed by atoms with van der Waals surface area (Å²) in [4.78, 5) is 17.5. The molecule has 2 aliphatic rings. The average Bonchev–Trinajstić information content (AvgIpc) is 3.17. The third-order valence-corrected chi connectivity index (χ3v) is 7.33. The van der Waals surface area contributed by atoms with Gasteiger partial charge in [-0.15, -0.1) is 11.3 Å². The van der Waals surface area contributed by atoms with Crippen LogP contribution in [0.2, 0.25) is 0 Å². The molecule has 0 radical (unpaired) electrons. The van der Waals surface area contributed by atoms with E-state index >= 15 is 0 Å². The molecule has 162 valence electrons. The molecule has 5 rings (SSSR count). The van der Waals surface area contributed by atoms with Gasteiger partial charge in [-0.3, -0.25) is 4.90 Å². The predicted octanol–water partition coefficient (Wildman–Crippen LogP) is 1.92. The minimum absolute atomic E-state index is 0.0351. The van der Waals surface area contributed by atoms with Crippen molar-refractivity contribution in [3.8, 4) is 10.6 Å². The van der Waals surface area contributed by atoms with Gasteiger partial charge in [0.1, 0.15) is 5.01 Å². The molecule has 0 spiro atoms. The maximum atomic E-state index is 11.6. The van der Waals surface area contributed by atoms with Crippen molar-refractivity contribution in [2.75, 3.05) is 31.6 Å². The third-order valence-electron chi connectivity index (χ3n) is 5.33. The fraction of sp³-hybridized carbons (Fsp3) is 0.350. The Balaban J connectivity index is 1.41. The zero-order chi connectivity index (χ0) is 21.4. The minimum atomic E-state index is -3.78. The molecule has 31 heavy (non-hydrogen) atoms. The number of primary sulfonamides is 1. The third kappa shape index (κ3) is 4.46. The molecule has 1 aromatic carbocycles. The van der Waals surface area contributed by atoms with Crippen molar-refractivity contribution in [1.82, 2.24) is 19.9 Å². The van der Waals surface area contributed by atoms with Crippen LogP contribution >= 0.6 is 11.3 Å². The van der Waals surface area contributed by atoms with E-state index < -0.39 is 10.0 Å². The van der Waals surface area contributed by atoms with Crippen LogP contribution in [0.3, 0.4) is 0 Å². The molecule has 3 aromatic rings. The topological polar surface area (TPSA) is 123 Å². The summed E-state index contributed by atoms with van der Waals surface area (Å²) in [7, 11) is -3.78. The summed E-state index contributed by atoms with van der Waals surface area (Å²) in [5.74, 6) is 0.404. The maximum absolute atomic E-state index is 11.6. The average molecular weight is 459 g/mol. The summed E-state index contributed by atoms with van der Waals surface area (Å²) in [6.07, 6.45) is 3.57. The van der Waals surface area contributed by atoms with E-state index in [1.54, 1.807) is 23.5 Å². The largest absolute Gasteiger partial charge is 0.379 e. The van der Waals surface area contributed by atoms with Gasteiger partial charge in [-0.2, -0.15) is 0 Å². The number of aryl methyl sites for hydroxylation is 2. The Morgan fingerprint density at radius 2 is 2.03 bits per heavy atom. The highest BCUT2D eigenvalue weighted by atomic mass is 32.2. The van der Waals surface area contributed by atoms with Gasteiger partial charge in [0.05, 0.1) is 40.9 Å². The van der Waals surface area contributed by atoms with E-state index in [9.17, 15) is 8.42 Å². The first kappa shape index (κ1) is 20.5. The Labute approximate surface area is 184 Å². The fourth-order valence-corrected chi connectivity index (χ4v) is 5.49. The minimum Gasteiger partial charge on any atom is -0.379 e. The lowest BCUT2D eigenvalue weighted by atomic mass is 10.00. The molecule has 1 aliphatic heterocycles. The molecule has 1 fully saturated rings. The highest BCUT2D eigenvalue weighted by molar-refractivity contribution is 7.89. The van der Waals surface area contributed by atoms with Crippen LogP contribution in [0.25, 0.3) is 10.6 Å². The summed E-state index contributed by atoms with van der Waals surface area (Å²) < 4.78 is 28.7. The van der Waals surface area contributed by atoms with Crippen molar-refractivity contribution in [3.63, 3.8) is 0 Å². The molecule has 0 bridgehead atoms. The zero-order valence-electron chi connectivity index (χ0n) is 16.7. The lowest BCUT2D eigenvalue weighted by Gasteiger charge is -2.25. The second-order valence-corrected chi connectivity index (χ2v) is 10.2. The Hall–Kier alpha value is -2.44. The summed E-state index contributed by atoms with van der Waals surface area (Å²) in [5.41, 5.74) is 3.63. The van der Waals surface area contributed by atoms with Gasteiger partial charge in [-0.1, -0.05) is 6.07 Å². The standard InChI is InChI=1S/C20H22N6O3S2/c21-31(27,28)15-3-1-2-14(10-15)23-20-22-11-13-4-5-16-19(18(13)25-20)30-17(24-16)12-26-6-8-29-9-7-26/h1-3,10-11H,4-9,12H2,(H2,21,27,28)(H,22,23,25). The van der Waals surface area contributed by atoms with Crippen molar-refractivity contribution < 1.29 is 13.2 Å². The molecule has 1 aliphatic carbocycles. The van der Waals surface area contributed by atoms with Crippen molar-refractivity contribution in [2.24, 2.45) is 5.14 Å². The van der Waals surface area contributed by atoms with E-state index in [-0.39, 0.29) is 4.90 Å². The first-order valence-electron chi connectivity index (χ1n) is 10.0. The predicted molar refractivity (Wildman–Crippen MR) is 118 cm³/mol. The number of hydrogen-bond donors (Lipinski definition) is 2. The van der Waals surface area contributed by atoms with E-state index in [4.69, 9.17) is 19.8 Å². The molecule has 1 saturated heterocycles. The van der Waals surface area contributed by atoms with E-state index in [2.05, 4.69) is 15.2 Å². The number of hydrogen-bond acceptors (Lipinski definition) is 9. The quantitative estimate of drug-likeness (QED) is 0.594. The van der Waals surface area contributed by atoms with Crippen LogP contribution in [0, 0.1) is 0 Å². The van der Waals surface area contributed by atoms with Crippen LogP contribution < -0.4 is 10.5 Å². The molecule has 0 saturated carbocycles. The van der Waals surface area contributed by atoms with Crippen molar-refractivity contribution in [3.05, 3.63) is 46.7 Å². The molecular weight excluding hydrogens is 436 g/mol. The number of sulfonamides is 1. The number of ether oxygens (including phenoxy) is 1. The summed E-state index contributed by atoms with van der Waals surface area (Å²) in [6.45, 7) is 4.21. The normalized spacial score (nSPS) is 16.5. The van der Waals surface area contributed by atoms with Crippen LogP contribution in [-0.4, -0.2) is 54.6 Å². The summed E-state index contributed by atoms with van der Waals surface area (Å²) >= 11 is 1.68. The van der Waals surface area contributed by atoms with Crippen LogP contribution in [0.5, 0.6) is 0 Å². The molecule has 3 N–H and O–H groups in total. The van der Waals surface area contributed by atoms with Gasteiger partial charge in [-0.25, -0.2) is 28.5 Å². The monoisotopic (exact) mass is 458 g/mol. The number of benzene rings is 1. The Kier molecular flexibility index (Phi) is 5.44. The first-order valence-corrected chi connectivity index (χ1v) is 12.4. The van der Waals surface area contributed by atoms with Gasteiger partial charge in [0.15, 0.2) is 0 Å². The van der Waals surface area contributed by atoms with Gasteiger partial charge in [0.25, 0.3) is 0 Å². The fourth-order valence-electron chi connectivity index (χ4n) is 3.75. The van der Waals surface area contributed by atoms with Crippen molar-refractivity contribution in [1.29, 1.82) is 0 Å². The molecule has 2 aromatic heterocycles. The lowest BCUT2D eigenvalue weighted by Crippen LogP contribution is -2.35. The van der Waals surface area contributed by atoms with E-state index in [0.717, 1.165) is 72.5 Å².